The highest BCUT2D eigenvalue weighted by Gasteiger charge is 2.40. The number of aromatic nitrogens is 2. The van der Waals surface area contributed by atoms with Gasteiger partial charge in [0.25, 0.3) is 5.91 Å². The molecule has 11 heteroatoms. The van der Waals surface area contributed by atoms with E-state index in [1.54, 1.807) is 11.0 Å². The number of nitrogens with zero attached hydrogens (tertiary/aromatic N) is 5. The summed E-state index contributed by atoms with van der Waals surface area (Å²) in [5.41, 5.74) is 3.62. The first-order chi connectivity index (χ1) is 21.0. The zero-order valence-electron chi connectivity index (χ0n) is 23.9. The van der Waals surface area contributed by atoms with Crippen molar-refractivity contribution in [1.29, 1.82) is 0 Å². The van der Waals surface area contributed by atoms with Gasteiger partial charge in [-0.3, -0.25) is 24.6 Å². The van der Waals surface area contributed by atoms with Crippen LogP contribution < -0.4 is 15.0 Å². The summed E-state index contributed by atoms with van der Waals surface area (Å²) < 4.78 is 12.2. The molecule has 4 fully saturated rings. The first-order valence-electron chi connectivity index (χ1n) is 15.3. The van der Waals surface area contributed by atoms with Gasteiger partial charge in [0.15, 0.2) is 0 Å². The number of anilines is 1. The normalized spacial score (nSPS) is 27.2. The van der Waals surface area contributed by atoms with Crippen molar-refractivity contribution in [2.24, 2.45) is 5.92 Å². The van der Waals surface area contributed by atoms with Gasteiger partial charge >= 0.3 is 0 Å². The van der Waals surface area contributed by atoms with Crippen molar-refractivity contribution in [2.45, 2.75) is 57.0 Å². The van der Waals surface area contributed by atoms with Crippen LogP contribution in [0.1, 0.15) is 47.2 Å². The van der Waals surface area contributed by atoms with Crippen LogP contribution >= 0.6 is 0 Å². The van der Waals surface area contributed by atoms with Crippen LogP contribution in [-0.2, 0) is 27.4 Å². The van der Waals surface area contributed by atoms with E-state index in [2.05, 4.69) is 38.3 Å². The number of carbonyl (C=O) groups excluding carboxylic acids is 3. The number of benzene rings is 2. The Labute approximate surface area is 249 Å². The van der Waals surface area contributed by atoms with Gasteiger partial charge in [-0.1, -0.05) is 6.07 Å². The highest BCUT2D eigenvalue weighted by molar-refractivity contribution is 6.05. The Hall–Kier alpha value is -4.09. The second kappa shape index (κ2) is 10.6. The number of ether oxygens (including phenoxy) is 2. The zero-order chi connectivity index (χ0) is 29.1. The number of piperidine rings is 1. The predicted octanol–water partition coefficient (Wildman–Crippen LogP) is 2.27. The van der Waals surface area contributed by atoms with E-state index in [-0.39, 0.29) is 24.3 Å². The Bertz CT molecular complexity index is 1620. The highest BCUT2D eigenvalue weighted by Crippen LogP contribution is 2.33. The Balaban J connectivity index is 0.877. The van der Waals surface area contributed by atoms with Gasteiger partial charge in [-0.05, 0) is 60.7 Å². The smallest absolute Gasteiger partial charge is 0.255 e. The maximum absolute atomic E-state index is 13.0. The number of likely N-dealkylation sites (tertiary alicyclic amines) is 1. The van der Waals surface area contributed by atoms with Gasteiger partial charge in [0.1, 0.15) is 17.9 Å². The topological polar surface area (TPSA) is 117 Å². The summed E-state index contributed by atoms with van der Waals surface area (Å²) in [4.78, 5) is 52.6. The Morgan fingerprint density at radius 1 is 1.02 bits per heavy atom. The number of hydrogen-bond donors (Lipinski definition) is 1. The van der Waals surface area contributed by atoms with Gasteiger partial charge in [0.2, 0.25) is 17.8 Å². The van der Waals surface area contributed by atoms with Crippen molar-refractivity contribution in [3.63, 3.8) is 0 Å². The number of rotatable bonds is 6. The number of fused-ring (bicyclic) bond motifs is 3. The fraction of sp³-hybridized carbons (Fsp3) is 0.469. The lowest BCUT2D eigenvalue weighted by molar-refractivity contribution is -0.136. The van der Waals surface area contributed by atoms with Gasteiger partial charge in [-0.25, -0.2) is 9.97 Å². The molecule has 2 aromatic carbocycles. The maximum atomic E-state index is 13.0. The lowest BCUT2D eigenvalue weighted by atomic mass is 10.0. The summed E-state index contributed by atoms with van der Waals surface area (Å²) in [6.07, 6.45) is 4.94. The number of hydrogen-bond acceptors (Lipinski definition) is 9. The van der Waals surface area contributed by atoms with Crippen LogP contribution in [0.4, 0.5) is 5.95 Å². The summed E-state index contributed by atoms with van der Waals surface area (Å²) in [5, 5.41) is 3.39. The Kier molecular flexibility index (Phi) is 6.52. The third kappa shape index (κ3) is 5.00. The number of carbonyl (C=O) groups is 3. The van der Waals surface area contributed by atoms with E-state index in [1.807, 2.05) is 18.3 Å². The van der Waals surface area contributed by atoms with Crippen LogP contribution in [0.5, 0.6) is 5.75 Å². The molecule has 11 nitrogen and oxygen atoms in total. The van der Waals surface area contributed by atoms with Gasteiger partial charge in [0.05, 0.1) is 11.6 Å². The zero-order valence-corrected chi connectivity index (χ0v) is 23.9. The van der Waals surface area contributed by atoms with E-state index >= 15 is 0 Å². The standard InChI is InChI=1S/C32H34N6O5/c39-29-6-5-27(30(40)35-29)38-16-22-12-23(2-3-25(22)31(38)41)43-24-7-9-36(17-24)14-19-1-4-26-21(11-19)13-33-32(34-26)37-15-20-8-10-42-28(20)18-37/h1-4,11-13,20,24,27-28H,5-10,14-18H2,(H,35,39,40)/t20?,24-,27?,28-/m0/s1. The van der Waals surface area contributed by atoms with Crippen LogP contribution in [0.3, 0.4) is 0 Å². The number of imide groups is 1. The summed E-state index contributed by atoms with van der Waals surface area (Å²) in [5.74, 6) is 1.26. The first kappa shape index (κ1) is 26.5. The third-order valence-electron chi connectivity index (χ3n) is 9.55. The van der Waals surface area contributed by atoms with E-state index < -0.39 is 11.9 Å². The molecular weight excluding hydrogens is 548 g/mol. The molecular formula is C32H34N6O5. The summed E-state index contributed by atoms with van der Waals surface area (Å²) in [6.45, 7) is 5.62. The fourth-order valence-electron chi connectivity index (χ4n) is 7.28. The van der Waals surface area contributed by atoms with Gasteiger partial charge in [0, 0.05) is 75.4 Å². The SMILES string of the molecule is O=C1CCC(N2Cc3cc(O[C@H]4CCN(Cc5ccc6nc(N7CC8CCO[C@H]8C7)ncc6c5)C4)ccc3C2=O)C(=O)N1. The van der Waals surface area contributed by atoms with Crippen LogP contribution in [0, 0.1) is 5.92 Å². The lowest BCUT2D eigenvalue weighted by Gasteiger charge is -2.29. The van der Waals surface area contributed by atoms with E-state index in [9.17, 15) is 14.4 Å². The van der Waals surface area contributed by atoms with Gasteiger partial charge in [-0.2, -0.15) is 0 Å². The van der Waals surface area contributed by atoms with E-state index in [0.29, 0.717) is 30.6 Å². The summed E-state index contributed by atoms with van der Waals surface area (Å²) >= 11 is 0. The second-order valence-electron chi connectivity index (χ2n) is 12.4. The van der Waals surface area contributed by atoms with Gasteiger partial charge < -0.3 is 19.3 Å². The quantitative estimate of drug-likeness (QED) is 0.437. The minimum Gasteiger partial charge on any atom is -0.489 e. The van der Waals surface area contributed by atoms with Crippen molar-refractivity contribution < 1.29 is 23.9 Å². The first-order valence-corrected chi connectivity index (χ1v) is 15.3. The maximum Gasteiger partial charge on any atom is 0.255 e. The number of amides is 3. The molecule has 5 aliphatic heterocycles. The lowest BCUT2D eigenvalue weighted by Crippen LogP contribution is -2.52. The van der Waals surface area contributed by atoms with Crippen LogP contribution in [-0.4, -0.2) is 88.5 Å². The molecule has 4 atom stereocenters. The Morgan fingerprint density at radius 3 is 2.84 bits per heavy atom. The molecule has 0 bridgehead atoms. The van der Waals surface area contributed by atoms with Crippen molar-refractivity contribution in [3.8, 4) is 5.75 Å². The van der Waals surface area contributed by atoms with Gasteiger partial charge in [-0.15, -0.1) is 0 Å². The fourth-order valence-corrected chi connectivity index (χ4v) is 7.28. The summed E-state index contributed by atoms with van der Waals surface area (Å²) in [7, 11) is 0. The van der Waals surface area contributed by atoms with Crippen molar-refractivity contribution in [1.82, 2.24) is 25.1 Å². The van der Waals surface area contributed by atoms with Crippen molar-refractivity contribution >= 4 is 34.6 Å². The van der Waals surface area contributed by atoms with Crippen LogP contribution in [0.15, 0.2) is 42.6 Å². The molecule has 0 spiro atoms. The minimum atomic E-state index is -0.617. The number of nitrogens with one attached hydrogen (secondary N) is 1. The molecule has 43 heavy (non-hydrogen) atoms. The van der Waals surface area contributed by atoms with Crippen molar-refractivity contribution in [3.05, 3.63) is 59.3 Å². The van der Waals surface area contributed by atoms with Crippen LogP contribution in [0.2, 0.25) is 0 Å². The Morgan fingerprint density at radius 2 is 1.95 bits per heavy atom. The van der Waals surface area contributed by atoms with E-state index in [0.717, 1.165) is 80.3 Å². The largest absolute Gasteiger partial charge is 0.489 e. The third-order valence-corrected chi connectivity index (χ3v) is 9.55. The minimum absolute atomic E-state index is 0.0525. The molecule has 1 aromatic heterocycles. The molecule has 1 N–H and O–H groups in total. The average molecular weight is 583 g/mol. The molecule has 5 aliphatic rings. The molecule has 3 aromatic rings. The average Bonchev–Trinajstić information content (AvgIpc) is 3.78. The molecule has 6 heterocycles. The van der Waals surface area contributed by atoms with Crippen LogP contribution in [0.25, 0.3) is 10.9 Å². The molecule has 8 rings (SSSR count). The highest BCUT2D eigenvalue weighted by atomic mass is 16.5. The summed E-state index contributed by atoms with van der Waals surface area (Å²) in [6, 6.07) is 11.4. The molecule has 0 saturated carbocycles. The molecule has 4 saturated heterocycles. The molecule has 2 unspecified atom stereocenters. The molecule has 222 valence electrons. The molecule has 0 radical (unpaired) electrons. The van der Waals surface area contributed by atoms with E-state index in [4.69, 9.17) is 14.5 Å². The van der Waals surface area contributed by atoms with Crippen molar-refractivity contribution in [2.75, 3.05) is 37.7 Å². The second-order valence-corrected chi connectivity index (χ2v) is 12.4. The predicted molar refractivity (Wildman–Crippen MR) is 156 cm³/mol. The molecule has 3 amide bonds. The monoisotopic (exact) mass is 582 g/mol. The van der Waals surface area contributed by atoms with E-state index in [1.165, 1.54) is 5.56 Å². The molecule has 0 aliphatic carbocycles.